The molecule has 0 aliphatic carbocycles. The molecule has 1 fully saturated rings. The summed E-state index contributed by atoms with van der Waals surface area (Å²) in [4.78, 5) is 0. The second kappa shape index (κ2) is 8.84. The number of benzene rings is 2. The Kier molecular flexibility index (Phi) is 6.81. The van der Waals surface area contributed by atoms with Gasteiger partial charge in [-0.3, -0.25) is 0 Å². The van der Waals surface area contributed by atoms with Gasteiger partial charge in [-0.1, -0.05) is 42.5 Å². The van der Waals surface area contributed by atoms with Crippen molar-refractivity contribution in [3.05, 3.63) is 71.3 Å². The summed E-state index contributed by atoms with van der Waals surface area (Å²) in [5, 5.41) is 12.3. The SMILES string of the molecule is Cl.N#Cc1ccc(COCC2(c3ccccc3)CCNCC2)cc1. The fourth-order valence-electron chi connectivity index (χ4n) is 3.25. The van der Waals surface area contributed by atoms with Gasteiger partial charge in [0.15, 0.2) is 0 Å². The molecule has 0 unspecified atom stereocenters. The third kappa shape index (κ3) is 4.36. The zero-order valence-electron chi connectivity index (χ0n) is 13.7. The van der Waals surface area contributed by atoms with Crippen molar-refractivity contribution >= 4 is 12.4 Å². The van der Waals surface area contributed by atoms with E-state index in [0.717, 1.165) is 38.1 Å². The first kappa shape index (κ1) is 18.5. The molecule has 2 aromatic carbocycles. The van der Waals surface area contributed by atoms with E-state index in [1.54, 1.807) is 0 Å². The second-order valence-electron chi connectivity index (χ2n) is 6.20. The maximum atomic E-state index is 8.85. The Labute approximate surface area is 150 Å². The van der Waals surface area contributed by atoms with Gasteiger partial charge in [-0.05, 0) is 49.2 Å². The molecule has 4 heteroatoms. The first-order valence-electron chi connectivity index (χ1n) is 8.15. The predicted octanol–water partition coefficient (Wildman–Crippen LogP) is 3.82. The van der Waals surface area contributed by atoms with Crippen LogP contribution in [0.2, 0.25) is 0 Å². The van der Waals surface area contributed by atoms with Crippen molar-refractivity contribution in [3.63, 3.8) is 0 Å². The average Bonchev–Trinajstić information content (AvgIpc) is 2.64. The van der Waals surface area contributed by atoms with Gasteiger partial charge in [0.25, 0.3) is 0 Å². The highest BCUT2D eigenvalue weighted by molar-refractivity contribution is 5.85. The minimum absolute atomic E-state index is 0. The lowest BCUT2D eigenvalue weighted by Gasteiger charge is -2.38. The number of ether oxygens (including phenoxy) is 1. The topological polar surface area (TPSA) is 45.0 Å². The number of nitrogens with one attached hydrogen (secondary N) is 1. The number of nitriles is 1. The first-order chi connectivity index (χ1) is 11.3. The van der Waals surface area contributed by atoms with Crippen molar-refractivity contribution in [2.24, 2.45) is 0 Å². The number of halogens is 1. The standard InChI is InChI=1S/C20H22N2O.ClH/c21-14-17-6-8-18(9-7-17)15-23-16-20(10-12-22-13-11-20)19-4-2-1-3-5-19;/h1-9,22H,10-13,15-16H2;1H. The molecule has 1 aliphatic heterocycles. The Morgan fingerprint density at radius 2 is 1.67 bits per heavy atom. The number of rotatable bonds is 5. The first-order valence-corrected chi connectivity index (χ1v) is 8.15. The highest BCUT2D eigenvalue weighted by Gasteiger charge is 2.34. The maximum absolute atomic E-state index is 8.85. The molecular formula is C20H23ClN2O. The largest absolute Gasteiger partial charge is 0.376 e. The molecule has 24 heavy (non-hydrogen) atoms. The minimum Gasteiger partial charge on any atom is -0.376 e. The number of nitrogens with zero attached hydrogens (tertiary/aromatic N) is 1. The van der Waals surface area contributed by atoms with Crippen LogP contribution in [0.4, 0.5) is 0 Å². The van der Waals surface area contributed by atoms with Gasteiger partial charge < -0.3 is 10.1 Å². The van der Waals surface area contributed by atoms with E-state index >= 15 is 0 Å². The van der Waals surface area contributed by atoms with Crippen LogP contribution >= 0.6 is 12.4 Å². The lowest BCUT2D eigenvalue weighted by molar-refractivity contribution is 0.0565. The summed E-state index contributed by atoms with van der Waals surface area (Å²) < 4.78 is 6.08. The number of hydrogen-bond acceptors (Lipinski definition) is 3. The Morgan fingerprint density at radius 1 is 1.00 bits per heavy atom. The van der Waals surface area contributed by atoms with Crippen molar-refractivity contribution in [3.8, 4) is 6.07 Å². The summed E-state index contributed by atoms with van der Waals surface area (Å²) in [5.74, 6) is 0. The molecule has 0 spiro atoms. The quantitative estimate of drug-likeness (QED) is 0.898. The molecule has 0 atom stereocenters. The van der Waals surface area contributed by atoms with E-state index in [0.29, 0.717) is 12.2 Å². The molecule has 1 heterocycles. The summed E-state index contributed by atoms with van der Waals surface area (Å²) in [7, 11) is 0. The van der Waals surface area contributed by atoms with E-state index in [2.05, 4.69) is 41.7 Å². The summed E-state index contributed by atoms with van der Waals surface area (Å²) >= 11 is 0. The molecule has 2 aromatic rings. The molecule has 0 aromatic heterocycles. The van der Waals surface area contributed by atoms with Gasteiger partial charge in [0, 0.05) is 5.41 Å². The van der Waals surface area contributed by atoms with Crippen LogP contribution in [0.5, 0.6) is 0 Å². The maximum Gasteiger partial charge on any atom is 0.0991 e. The molecule has 0 bridgehead atoms. The van der Waals surface area contributed by atoms with Gasteiger partial charge in [-0.15, -0.1) is 12.4 Å². The van der Waals surface area contributed by atoms with Gasteiger partial charge in [-0.2, -0.15) is 5.26 Å². The molecular weight excluding hydrogens is 320 g/mol. The van der Waals surface area contributed by atoms with Gasteiger partial charge in [-0.25, -0.2) is 0 Å². The smallest absolute Gasteiger partial charge is 0.0991 e. The molecule has 1 N–H and O–H groups in total. The zero-order valence-corrected chi connectivity index (χ0v) is 14.5. The third-order valence-electron chi connectivity index (χ3n) is 4.68. The van der Waals surface area contributed by atoms with Crippen LogP contribution in [-0.4, -0.2) is 19.7 Å². The van der Waals surface area contributed by atoms with Crippen molar-refractivity contribution in [1.82, 2.24) is 5.32 Å². The van der Waals surface area contributed by atoms with Crippen LogP contribution in [0.25, 0.3) is 0 Å². The van der Waals surface area contributed by atoms with Crippen molar-refractivity contribution in [2.75, 3.05) is 19.7 Å². The third-order valence-corrected chi connectivity index (χ3v) is 4.68. The molecule has 0 radical (unpaired) electrons. The van der Waals surface area contributed by atoms with Gasteiger partial charge in [0.1, 0.15) is 0 Å². The van der Waals surface area contributed by atoms with Crippen LogP contribution in [0, 0.1) is 11.3 Å². The number of piperidine rings is 1. The van der Waals surface area contributed by atoms with E-state index < -0.39 is 0 Å². The average molecular weight is 343 g/mol. The lowest BCUT2D eigenvalue weighted by Crippen LogP contribution is -2.43. The highest BCUT2D eigenvalue weighted by atomic mass is 35.5. The fourth-order valence-corrected chi connectivity index (χ4v) is 3.25. The highest BCUT2D eigenvalue weighted by Crippen LogP contribution is 2.34. The van der Waals surface area contributed by atoms with Crippen LogP contribution < -0.4 is 5.32 Å². The predicted molar refractivity (Wildman–Crippen MR) is 98.3 cm³/mol. The monoisotopic (exact) mass is 342 g/mol. The van der Waals surface area contributed by atoms with Gasteiger partial charge in [0.05, 0.1) is 24.8 Å². The molecule has 1 aliphatic rings. The van der Waals surface area contributed by atoms with Crippen LogP contribution in [-0.2, 0) is 16.8 Å². The molecule has 3 nitrogen and oxygen atoms in total. The van der Waals surface area contributed by atoms with Crippen LogP contribution in [0.3, 0.4) is 0 Å². The second-order valence-corrected chi connectivity index (χ2v) is 6.20. The summed E-state index contributed by atoms with van der Waals surface area (Å²) in [6.07, 6.45) is 2.20. The van der Waals surface area contributed by atoms with Gasteiger partial charge in [0.2, 0.25) is 0 Å². The molecule has 3 rings (SSSR count). The zero-order chi connectivity index (χ0) is 16.0. The molecule has 0 saturated carbocycles. The lowest BCUT2D eigenvalue weighted by atomic mass is 9.74. The van der Waals surface area contributed by atoms with Crippen molar-refractivity contribution < 1.29 is 4.74 Å². The van der Waals surface area contributed by atoms with Gasteiger partial charge >= 0.3 is 0 Å². The fraction of sp³-hybridized carbons (Fsp3) is 0.350. The van der Waals surface area contributed by atoms with E-state index in [4.69, 9.17) is 10.00 Å². The van der Waals surface area contributed by atoms with Crippen molar-refractivity contribution in [1.29, 1.82) is 5.26 Å². The Balaban J connectivity index is 0.00000208. The molecule has 0 amide bonds. The Bertz CT molecular complexity index is 658. The van der Waals surface area contributed by atoms with E-state index in [9.17, 15) is 0 Å². The van der Waals surface area contributed by atoms with E-state index in [1.807, 2.05) is 24.3 Å². The Hall–Kier alpha value is -1.86. The van der Waals surface area contributed by atoms with Crippen LogP contribution in [0.1, 0.15) is 29.5 Å². The number of hydrogen-bond donors (Lipinski definition) is 1. The summed E-state index contributed by atoms with van der Waals surface area (Å²) in [6.45, 7) is 3.40. The molecule has 126 valence electrons. The van der Waals surface area contributed by atoms with Crippen LogP contribution in [0.15, 0.2) is 54.6 Å². The Morgan fingerprint density at radius 3 is 2.29 bits per heavy atom. The normalized spacial score (nSPS) is 16.0. The van der Waals surface area contributed by atoms with E-state index in [-0.39, 0.29) is 17.8 Å². The summed E-state index contributed by atoms with van der Waals surface area (Å²) in [6, 6.07) is 20.5. The summed E-state index contributed by atoms with van der Waals surface area (Å²) in [5.41, 5.74) is 3.29. The van der Waals surface area contributed by atoms with Crippen molar-refractivity contribution in [2.45, 2.75) is 24.9 Å². The molecule has 1 saturated heterocycles. The minimum atomic E-state index is 0. The van der Waals surface area contributed by atoms with E-state index in [1.165, 1.54) is 5.56 Å².